The van der Waals surface area contributed by atoms with Gasteiger partial charge >= 0.3 is 0 Å². The summed E-state index contributed by atoms with van der Waals surface area (Å²) in [6.45, 7) is 4.00. The molecule has 0 aliphatic rings. The van der Waals surface area contributed by atoms with E-state index in [9.17, 15) is 8.42 Å². The molecular weight excluding hydrogens is 256 g/mol. The Labute approximate surface area is 96.6 Å². The molecule has 2 aromatic rings. The molecule has 0 bridgehead atoms. The van der Waals surface area contributed by atoms with Gasteiger partial charge in [-0.25, -0.2) is 8.42 Å². The maximum atomic E-state index is 11.0. The summed E-state index contributed by atoms with van der Waals surface area (Å²) in [6.07, 6.45) is 0. The van der Waals surface area contributed by atoms with E-state index < -0.39 is 9.05 Å². The van der Waals surface area contributed by atoms with E-state index in [0.29, 0.717) is 11.0 Å². The minimum absolute atomic E-state index is 0.0143. The van der Waals surface area contributed by atoms with Crippen molar-refractivity contribution < 1.29 is 8.42 Å². The van der Waals surface area contributed by atoms with E-state index in [-0.39, 0.29) is 4.90 Å². The van der Waals surface area contributed by atoms with E-state index >= 15 is 0 Å². The average molecular weight is 265 g/mol. The molecule has 0 saturated heterocycles. The zero-order valence-electron chi connectivity index (χ0n) is 8.14. The number of nitrogens with zero attached hydrogens (tertiary/aromatic N) is 2. The van der Waals surface area contributed by atoms with Gasteiger partial charge in [0, 0.05) is 10.7 Å². The molecular formula is C8H9ClN2O2S2. The van der Waals surface area contributed by atoms with Crippen LogP contribution in [0.4, 0.5) is 0 Å². The number of hydrogen-bond acceptors (Lipinski definition) is 5. The van der Waals surface area contributed by atoms with Crippen molar-refractivity contribution in [1.82, 2.24) is 8.75 Å². The number of aromatic nitrogens is 2. The standard InChI is InChI=1S/C6H3ClN2O2S2.C2H6/c7-13(10,11)5-3-1-2-4-6(5)9-12-8-4;1-2/h1-3H;1-2H3. The van der Waals surface area contributed by atoms with Crippen molar-refractivity contribution in [3.63, 3.8) is 0 Å². The van der Waals surface area contributed by atoms with Crippen LogP contribution in [0.1, 0.15) is 13.8 Å². The summed E-state index contributed by atoms with van der Waals surface area (Å²) in [4.78, 5) is 0.0143. The lowest BCUT2D eigenvalue weighted by atomic mass is 10.3. The number of rotatable bonds is 1. The Kier molecular flexibility index (Phi) is 4.01. The number of fused-ring (bicyclic) bond motifs is 1. The molecule has 1 aromatic carbocycles. The van der Waals surface area contributed by atoms with E-state index in [1.807, 2.05) is 13.8 Å². The number of hydrogen-bond donors (Lipinski definition) is 0. The molecule has 15 heavy (non-hydrogen) atoms. The molecule has 7 heteroatoms. The highest BCUT2D eigenvalue weighted by atomic mass is 35.7. The van der Waals surface area contributed by atoms with Crippen LogP contribution in [0.25, 0.3) is 11.0 Å². The van der Waals surface area contributed by atoms with Crippen LogP contribution in [-0.4, -0.2) is 17.2 Å². The first-order valence-corrected chi connectivity index (χ1v) is 7.29. The van der Waals surface area contributed by atoms with E-state index in [1.54, 1.807) is 12.1 Å². The third-order valence-corrected chi connectivity index (χ3v) is 3.41. The molecule has 0 unspecified atom stereocenters. The summed E-state index contributed by atoms with van der Waals surface area (Å²) in [5.74, 6) is 0. The monoisotopic (exact) mass is 264 g/mol. The van der Waals surface area contributed by atoms with Crippen molar-refractivity contribution in [2.45, 2.75) is 18.7 Å². The zero-order valence-corrected chi connectivity index (χ0v) is 10.5. The van der Waals surface area contributed by atoms with Crippen LogP contribution < -0.4 is 0 Å². The van der Waals surface area contributed by atoms with Gasteiger partial charge in [-0.15, -0.1) is 0 Å². The number of halogens is 1. The van der Waals surface area contributed by atoms with Gasteiger partial charge in [-0.05, 0) is 12.1 Å². The van der Waals surface area contributed by atoms with Crippen molar-refractivity contribution in [3.05, 3.63) is 18.2 Å². The molecule has 0 radical (unpaired) electrons. The van der Waals surface area contributed by atoms with Crippen molar-refractivity contribution in [3.8, 4) is 0 Å². The summed E-state index contributed by atoms with van der Waals surface area (Å²) >= 11 is 0.960. The first-order chi connectivity index (χ1) is 7.09. The topological polar surface area (TPSA) is 59.9 Å². The average Bonchev–Trinajstić information content (AvgIpc) is 2.66. The van der Waals surface area contributed by atoms with Gasteiger partial charge in [0.05, 0.1) is 11.7 Å². The van der Waals surface area contributed by atoms with Gasteiger partial charge in [0.1, 0.15) is 15.9 Å². The molecule has 2 rings (SSSR count). The molecule has 1 aromatic heterocycles. The first kappa shape index (κ1) is 12.4. The molecule has 0 atom stereocenters. The fourth-order valence-electron chi connectivity index (χ4n) is 0.978. The number of benzene rings is 1. The van der Waals surface area contributed by atoms with Gasteiger partial charge in [0.15, 0.2) is 0 Å². The fourth-order valence-corrected chi connectivity index (χ4v) is 2.58. The second-order valence-corrected chi connectivity index (χ2v) is 5.39. The maximum Gasteiger partial charge on any atom is 0.263 e. The highest BCUT2D eigenvalue weighted by Crippen LogP contribution is 2.23. The van der Waals surface area contributed by atoms with Gasteiger partial charge in [-0.2, -0.15) is 8.75 Å². The van der Waals surface area contributed by atoms with Crippen molar-refractivity contribution in [1.29, 1.82) is 0 Å². The Balaban J connectivity index is 0.000000531. The van der Waals surface area contributed by atoms with E-state index in [4.69, 9.17) is 10.7 Å². The smallest absolute Gasteiger partial charge is 0.207 e. The van der Waals surface area contributed by atoms with Gasteiger partial charge in [-0.3, -0.25) is 0 Å². The molecule has 0 spiro atoms. The summed E-state index contributed by atoms with van der Waals surface area (Å²) in [5, 5.41) is 0. The lowest BCUT2D eigenvalue weighted by Gasteiger charge is -1.94. The third kappa shape index (κ3) is 2.64. The molecule has 1 heterocycles. The van der Waals surface area contributed by atoms with Crippen LogP contribution in [0.15, 0.2) is 23.1 Å². The van der Waals surface area contributed by atoms with Crippen molar-refractivity contribution in [2.24, 2.45) is 0 Å². The largest absolute Gasteiger partial charge is 0.263 e. The lowest BCUT2D eigenvalue weighted by Crippen LogP contribution is -1.91. The summed E-state index contributed by atoms with van der Waals surface area (Å²) in [7, 11) is 1.48. The quantitative estimate of drug-likeness (QED) is 0.743. The normalized spacial score (nSPS) is 10.9. The first-order valence-electron chi connectivity index (χ1n) is 4.25. The maximum absolute atomic E-state index is 11.0. The van der Waals surface area contributed by atoms with Crippen LogP contribution in [0.2, 0.25) is 0 Å². The second kappa shape index (κ2) is 4.87. The van der Waals surface area contributed by atoms with Crippen LogP contribution in [0, 0.1) is 0 Å². The Hall–Kier alpha value is -0.720. The Morgan fingerprint density at radius 2 is 1.93 bits per heavy atom. The van der Waals surface area contributed by atoms with Gasteiger partial charge in [0.2, 0.25) is 0 Å². The van der Waals surface area contributed by atoms with Crippen LogP contribution in [0.5, 0.6) is 0 Å². The summed E-state index contributed by atoms with van der Waals surface area (Å²) in [6, 6.07) is 4.68. The predicted octanol–water partition coefficient (Wildman–Crippen LogP) is 2.65. The van der Waals surface area contributed by atoms with Crippen molar-refractivity contribution >= 4 is 42.5 Å². The molecule has 0 aliphatic carbocycles. The van der Waals surface area contributed by atoms with Crippen LogP contribution in [0.3, 0.4) is 0 Å². The third-order valence-electron chi connectivity index (χ3n) is 1.51. The van der Waals surface area contributed by atoms with Gasteiger partial charge < -0.3 is 0 Å². The van der Waals surface area contributed by atoms with Crippen molar-refractivity contribution in [2.75, 3.05) is 0 Å². The highest BCUT2D eigenvalue weighted by molar-refractivity contribution is 8.14. The minimum Gasteiger partial charge on any atom is -0.207 e. The van der Waals surface area contributed by atoms with Gasteiger partial charge in [-0.1, -0.05) is 19.9 Å². The lowest BCUT2D eigenvalue weighted by molar-refractivity contribution is 0.610. The molecule has 0 saturated carbocycles. The van der Waals surface area contributed by atoms with Crippen LogP contribution in [-0.2, 0) is 9.05 Å². The van der Waals surface area contributed by atoms with E-state index in [0.717, 1.165) is 11.7 Å². The Bertz CT molecular complexity index is 551. The predicted molar refractivity (Wildman–Crippen MR) is 61.8 cm³/mol. The highest BCUT2D eigenvalue weighted by Gasteiger charge is 2.15. The Morgan fingerprint density at radius 1 is 1.27 bits per heavy atom. The summed E-state index contributed by atoms with van der Waals surface area (Å²) < 4.78 is 29.8. The second-order valence-electron chi connectivity index (χ2n) is 2.33. The molecule has 0 fully saturated rings. The fraction of sp³-hybridized carbons (Fsp3) is 0.250. The molecule has 82 valence electrons. The molecule has 0 amide bonds. The molecule has 0 aliphatic heterocycles. The zero-order chi connectivity index (χ0) is 11.5. The Morgan fingerprint density at radius 3 is 2.53 bits per heavy atom. The SMILES string of the molecule is CC.O=S(=O)(Cl)c1cccc2nsnc12. The minimum atomic E-state index is -3.72. The van der Waals surface area contributed by atoms with E-state index in [2.05, 4.69) is 8.75 Å². The summed E-state index contributed by atoms with van der Waals surface area (Å²) in [5.41, 5.74) is 0.884. The van der Waals surface area contributed by atoms with Crippen LogP contribution >= 0.6 is 22.4 Å². The van der Waals surface area contributed by atoms with E-state index in [1.165, 1.54) is 6.07 Å². The molecule has 0 N–H and O–H groups in total. The molecule has 4 nitrogen and oxygen atoms in total. The van der Waals surface area contributed by atoms with Gasteiger partial charge in [0.25, 0.3) is 9.05 Å².